The van der Waals surface area contributed by atoms with Crippen LogP contribution in [0.15, 0.2) is 12.1 Å². The van der Waals surface area contributed by atoms with Crippen LogP contribution in [0, 0.1) is 11.8 Å². The molecule has 1 aromatic heterocycles. The molecule has 0 aliphatic rings. The van der Waals surface area contributed by atoms with Gasteiger partial charge in [-0.15, -0.1) is 11.6 Å². The molecule has 12 heavy (non-hydrogen) atoms. The molecule has 1 heterocycles. The van der Waals surface area contributed by atoms with E-state index < -0.39 is 0 Å². The first-order chi connectivity index (χ1) is 5.74. The van der Waals surface area contributed by atoms with Crippen molar-refractivity contribution in [1.29, 1.82) is 0 Å². The van der Waals surface area contributed by atoms with Gasteiger partial charge in [0.2, 0.25) is 0 Å². The summed E-state index contributed by atoms with van der Waals surface area (Å²) >= 11 is 11.0. The number of nitrogens with two attached hydrogens (primary N) is 1. The van der Waals surface area contributed by atoms with E-state index in [-0.39, 0.29) is 5.88 Å². The molecule has 0 atom stereocenters. The number of anilines is 1. The highest BCUT2D eigenvalue weighted by Gasteiger charge is 1.96. The number of hydrogen-bond acceptors (Lipinski definition) is 2. The molecule has 2 nitrogen and oxygen atoms in total. The molecule has 0 unspecified atom stereocenters. The summed E-state index contributed by atoms with van der Waals surface area (Å²) in [7, 11) is 0. The lowest BCUT2D eigenvalue weighted by Crippen LogP contribution is -1.93. The van der Waals surface area contributed by atoms with E-state index in [1.807, 2.05) is 0 Å². The zero-order chi connectivity index (χ0) is 8.97. The van der Waals surface area contributed by atoms with Crippen LogP contribution in [0.25, 0.3) is 0 Å². The molecule has 0 amide bonds. The summed E-state index contributed by atoms with van der Waals surface area (Å²) in [4.78, 5) is 3.92. The van der Waals surface area contributed by atoms with Gasteiger partial charge in [-0.05, 0) is 18.1 Å². The van der Waals surface area contributed by atoms with Crippen molar-refractivity contribution in [2.75, 3.05) is 11.6 Å². The Morgan fingerprint density at radius 3 is 2.92 bits per heavy atom. The molecule has 0 saturated carbocycles. The Balaban J connectivity index is 3.05. The van der Waals surface area contributed by atoms with Gasteiger partial charge in [-0.1, -0.05) is 17.5 Å². The molecule has 62 valence electrons. The fourth-order valence-electron chi connectivity index (χ4n) is 0.663. The lowest BCUT2D eigenvalue weighted by molar-refractivity contribution is 1.29. The number of halogens is 2. The van der Waals surface area contributed by atoms with E-state index in [0.717, 1.165) is 0 Å². The van der Waals surface area contributed by atoms with E-state index >= 15 is 0 Å². The quantitative estimate of drug-likeness (QED) is 0.395. The van der Waals surface area contributed by atoms with Crippen molar-refractivity contribution in [2.45, 2.75) is 0 Å². The molecule has 0 spiro atoms. The summed E-state index contributed by atoms with van der Waals surface area (Å²) in [5.74, 6) is 5.61. The molecule has 1 rings (SSSR count). The van der Waals surface area contributed by atoms with Gasteiger partial charge < -0.3 is 5.73 Å². The van der Waals surface area contributed by atoms with Gasteiger partial charge in [0.15, 0.2) is 0 Å². The van der Waals surface area contributed by atoms with Gasteiger partial charge in [0, 0.05) is 0 Å². The third kappa shape index (κ3) is 2.30. The van der Waals surface area contributed by atoms with Crippen molar-refractivity contribution in [2.24, 2.45) is 0 Å². The minimum absolute atomic E-state index is 0.258. The van der Waals surface area contributed by atoms with Crippen molar-refractivity contribution >= 4 is 28.9 Å². The topological polar surface area (TPSA) is 38.9 Å². The van der Waals surface area contributed by atoms with E-state index in [4.69, 9.17) is 28.9 Å². The number of rotatable bonds is 0. The molecular formula is C8H6Cl2N2. The molecular weight excluding hydrogens is 195 g/mol. The molecule has 0 bridgehead atoms. The standard InChI is InChI=1S/C8H6Cl2N2/c9-5-1-2-7-6(11)3-4-8(10)12-7/h3-4H,5,11H2. The van der Waals surface area contributed by atoms with Crippen LogP contribution < -0.4 is 5.73 Å². The summed E-state index contributed by atoms with van der Waals surface area (Å²) in [5.41, 5.74) is 6.55. The molecule has 0 aliphatic heterocycles. The minimum atomic E-state index is 0.258. The lowest BCUT2D eigenvalue weighted by atomic mass is 10.3. The molecule has 1 aromatic rings. The van der Waals surface area contributed by atoms with E-state index in [0.29, 0.717) is 16.5 Å². The number of aromatic nitrogens is 1. The monoisotopic (exact) mass is 200 g/mol. The van der Waals surface area contributed by atoms with Gasteiger partial charge in [-0.2, -0.15) is 0 Å². The van der Waals surface area contributed by atoms with Crippen LogP contribution in [0.3, 0.4) is 0 Å². The van der Waals surface area contributed by atoms with Crippen LogP contribution in [-0.4, -0.2) is 10.9 Å². The first-order valence-corrected chi connectivity index (χ1v) is 4.12. The van der Waals surface area contributed by atoms with Gasteiger partial charge in [-0.3, -0.25) is 0 Å². The number of alkyl halides is 1. The van der Waals surface area contributed by atoms with Crippen molar-refractivity contribution in [1.82, 2.24) is 4.98 Å². The maximum Gasteiger partial charge on any atom is 0.137 e. The highest BCUT2D eigenvalue weighted by molar-refractivity contribution is 6.29. The SMILES string of the molecule is Nc1ccc(Cl)nc1C#CCCl. The number of hydrogen-bond donors (Lipinski definition) is 1. The van der Waals surface area contributed by atoms with Gasteiger partial charge in [0.05, 0.1) is 11.6 Å². The van der Waals surface area contributed by atoms with Gasteiger partial charge >= 0.3 is 0 Å². The third-order valence-electron chi connectivity index (χ3n) is 1.17. The summed E-state index contributed by atoms with van der Waals surface area (Å²) in [6.07, 6.45) is 0. The van der Waals surface area contributed by atoms with Crippen molar-refractivity contribution in [3.8, 4) is 11.8 Å². The normalized spacial score (nSPS) is 8.83. The molecule has 2 N–H and O–H groups in total. The predicted molar refractivity (Wildman–Crippen MR) is 51.3 cm³/mol. The predicted octanol–water partition coefficient (Wildman–Crippen LogP) is 1.91. The largest absolute Gasteiger partial charge is 0.396 e. The first kappa shape index (κ1) is 9.18. The van der Waals surface area contributed by atoms with Gasteiger partial charge in [0.25, 0.3) is 0 Å². The van der Waals surface area contributed by atoms with Crippen LogP contribution in [0.1, 0.15) is 5.69 Å². The van der Waals surface area contributed by atoms with Crippen LogP contribution in [0.2, 0.25) is 5.15 Å². The molecule has 0 saturated heterocycles. The minimum Gasteiger partial charge on any atom is -0.396 e. The molecule has 0 aliphatic carbocycles. The Labute approximate surface area is 80.7 Å². The highest BCUT2D eigenvalue weighted by atomic mass is 35.5. The Morgan fingerprint density at radius 1 is 1.50 bits per heavy atom. The summed E-state index contributed by atoms with van der Waals surface area (Å²) in [5, 5.41) is 0.378. The van der Waals surface area contributed by atoms with Crippen LogP contribution in [-0.2, 0) is 0 Å². The Kier molecular flexibility index (Phi) is 3.21. The number of pyridine rings is 1. The Bertz CT molecular complexity index is 339. The Morgan fingerprint density at radius 2 is 2.25 bits per heavy atom. The van der Waals surface area contributed by atoms with E-state index in [1.165, 1.54) is 0 Å². The number of nitrogen functional groups attached to an aromatic ring is 1. The van der Waals surface area contributed by atoms with Crippen molar-refractivity contribution in [3.63, 3.8) is 0 Å². The maximum absolute atomic E-state index is 5.63. The average Bonchev–Trinajstić information content (AvgIpc) is 2.07. The smallest absolute Gasteiger partial charge is 0.137 e. The van der Waals surface area contributed by atoms with Gasteiger partial charge in [-0.25, -0.2) is 4.98 Å². The van der Waals surface area contributed by atoms with Gasteiger partial charge in [0.1, 0.15) is 10.8 Å². The van der Waals surface area contributed by atoms with Crippen molar-refractivity contribution < 1.29 is 0 Å². The number of nitrogens with zero attached hydrogens (tertiary/aromatic N) is 1. The zero-order valence-electron chi connectivity index (χ0n) is 6.14. The zero-order valence-corrected chi connectivity index (χ0v) is 7.65. The summed E-state index contributed by atoms with van der Waals surface area (Å²) < 4.78 is 0. The van der Waals surface area contributed by atoms with E-state index in [9.17, 15) is 0 Å². The average molecular weight is 201 g/mol. The second kappa shape index (κ2) is 4.20. The molecule has 4 heteroatoms. The third-order valence-corrected chi connectivity index (χ3v) is 1.51. The molecule has 0 radical (unpaired) electrons. The van der Waals surface area contributed by atoms with Crippen molar-refractivity contribution in [3.05, 3.63) is 23.0 Å². The van der Waals surface area contributed by atoms with Crippen LogP contribution in [0.4, 0.5) is 5.69 Å². The van der Waals surface area contributed by atoms with Crippen LogP contribution >= 0.6 is 23.2 Å². The molecule has 0 aromatic carbocycles. The Hall–Kier alpha value is -0.910. The molecule has 0 fully saturated rings. The summed E-state index contributed by atoms with van der Waals surface area (Å²) in [6.45, 7) is 0. The maximum atomic E-state index is 5.63. The second-order valence-electron chi connectivity index (χ2n) is 2.01. The lowest BCUT2D eigenvalue weighted by Gasteiger charge is -1.95. The summed E-state index contributed by atoms with van der Waals surface area (Å²) in [6, 6.07) is 3.27. The fraction of sp³-hybridized carbons (Fsp3) is 0.125. The van der Waals surface area contributed by atoms with Crippen LogP contribution in [0.5, 0.6) is 0 Å². The highest BCUT2D eigenvalue weighted by Crippen LogP contribution is 2.11. The van der Waals surface area contributed by atoms with E-state index in [2.05, 4.69) is 16.8 Å². The second-order valence-corrected chi connectivity index (χ2v) is 2.66. The first-order valence-electron chi connectivity index (χ1n) is 3.21. The van der Waals surface area contributed by atoms with E-state index in [1.54, 1.807) is 12.1 Å². The fourth-order valence-corrected chi connectivity index (χ4v) is 0.878.